The largest absolute Gasteiger partial charge is 0.192 e. The van der Waals surface area contributed by atoms with Crippen molar-refractivity contribution in [3.63, 3.8) is 0 Å². The second-order valence-corrected chi connectivity index (χ2v) is 1.64. The summed E-state index contributed by atoms with van der Waals surface area (Å²) in [6, 6.07) is 1.76. The fourth-order valence-electron chi connectivity index (χ4n) is 0.0244. The molecule has 3 heteroatoms. The first-order chi connectivity index (χ1) is 2.81. The fourth-order valence-corrected chi connectivity index (χ4v) is 0.0732. The zero-order chi connectivity index (χ0) is 4.99. The molecule has 0 amide bonds. The maximum Gasteiger partial charge on any atom is 0.108 e. The summed E-state index contributed by atoms with van der Waals surface area (Å²) in [4.78, 5) is 0. The van der Waals surface area contributed by atoms with Gasteiger partial charge in [0.15, 0.2) is 0 Å². The average Bonchev–Trinajstić information content (AvgIpc) is 1.65. The predicted octanol–water partition coefficient (Wildman–Crippen LogP) is 1.99. The predicted molar refractivity (Wildman–Crippen MR) is 28.5 cm³/mol. The number of nitrogens with zero attached hydrogens (tertiary/aromatic N) is 1. The molecule has 0 saturated heterocycles. The van der Waals surface area contributed by atoms with Crippen LogP contribution in [0.15, 0.2) is 10.0 Å². The Bertz CT molecular complexity index is 102. The van der Waals surface area contributed by atoms with E-state index in [0.717, 1.165) is 0 Å². The second-order valence-electron chi connectivity index (χ2n) is 0.569. The Kier molecular flexibility index (Phi) is 3.20. The van der Waals surface area contributed by atoms with Crippen LogP contribution >= 0.6 is 27.5 Å². The number of allylic oxidation sites excluding steroid dienone is 1. The molecule has 0 unspecified atom stereocenters. The molecule has 0 saturated carbocycles. The van der Waals surface area contributed by atoms with Crippen molar-refractivity contribution in [2.24, 2.45) is 0 Å². The maximum absolute atomic E-state index is 7.89. The van der Waals surface area contributed by atoms with E-state index in [2.05, 4.69) is 15.9 Å². The molecule has 0 radical (unpaired) electrons. The molecule has 1 nitrogen and oxygen atoms in total. The molecule has 0 aromatic heterocycles. The van der Waals surface area contributed by atoms with Crippen LogP contribution in [-0.4, -0.2) is 0 Å². The number of nitriles is 1. The van der Waals surface area contributed by atoms with Gasteiger partial charge in [-0.3, -0.25) is 0 Å². The Morgan fingerprint density at radius 1 is 2.00 bits per heavy atom. The average molecular weight is 166 g/mol. The van der Waals surface area contributed by atoms with Gasteiger partial charge in [-0.25, -0.2) is 0 Å². The summed E-state index contributed by atoms with van der Waals surface area (Å²) in [5, 5.41) is 7.89. The zero-order valence-corrected chi connectivity index (χ0v) is 5.12. The number of rotatable bonds is 0. The molecule has 0 N–H and O–H groups in total. The summed E-state index contributed by atoms with van der Waals surface area (Å²) in [6.45, 7) is 0. The lowest BCUT2D eigenvalue weighted by atomic mass is 10.7. The Hall–Kier alpha value is -0.0000000000000000555. The summed E-state index contributed by atoms with van der Waals surface area (Å²) in [6.07, 6.45) is 0. The summed E-state index contributed by atoms with van der Waals surface area (Å²) < 4.78 is 0.351. The smallest absolute Gasteiger partial charge is 0.108 e. The van der Waals surface area contributed by atoms with Crippen molar-refractivity contribution in [3.8, 4) is 6.07 Å². The van der Waals surface area contributed by atoms with Crippen LogP contribution in [0.1, 0.15) is 0 Å². The van der Waals surface area contributed by atoms with E-state index < -0.39 is 0 Å². The molecule has 0 aliphatic rings. The van der Waals surface area contributed by atoms with Crippen LogP contribution < -0.4 is 0 Å². The SMILES string of the molecule is N#CC(Br)=CCl. The van der Waals surface area contributed by atoms with Gasteiger partial charge in [0.2, 0.25) is 0 Å². The molecule has 0 fully saturated rings. The van der Waals surface area contributed by atoms with Crippen LogP contribution in [0.4, 0.5) is 0 Å². The third kappa shape index (κ3) is 2.25. The van der Waals surface area contributed by atoms with Gasteiger partial charge in [0, 0.05) is 5.54 Å². The first-order valence-corrected chi connectivity index (χ1v) is 2.40. The third-order valence-corrected chi connectivity index (χ3v) is 1.09. The molecular weight excluding hydrogens is 165 g/mol. The van der Waals surface area contributed by atoms with Crippen LogP contribution in [0, 0.1) is 11.3 Å². The highest BCUT2D eigenvalue weighted by molar-refractivity contribution is 9.12. The van der Waals surface area contributed by atoms with Crippen molar-refractivity contribution in [2.75, 3.05) is 0 Å². The number of hydrogen-bond acceptors (Lipinski definition) is 1. The lowest BCUT2D eigenvalue weighted by Gasteiger charge is -1.65. The lowest BCUT2D eigenvalue weighted by Crippen LogP contribution is -1.49. The van der Waals surface area contributed by atoms with Crippen molar-refractivity contribution in [3.05, 3.63) is 10.0 Å². The summed E-state index contributed by atoms with van der Waals surface area (Å²) in [5.41, 5.74) is 1.17. The fraction of sp³-hybridized carbons (Fsp3) is 0. The van der Waals surface area contributed by atoms with Crippen LogP contribution in [0.5, 0.6) is 0 Å². The molecular formula is C3HBrClN. The van der Waals surface area contributed by atoms with Crippen LogP contribution in [-0.2, 0) is 0 Å². The number of halogens is 2. The quantitative estimate of drug-likeness (QED) is 0.505. The van der Waals surface area contributed by atoms with Gasteiger partial charge in [-0.2, -0.15) is 5.26 Å². The van der Waals surface area contributed by atoms with Crippen LogP contribution in [0.3, 0.4) is 0 Å². The molecule has 0 aliphatic carbocycles. The van der Waals surface area contributed by atoms with E-state index in [1.165, 1.54) is 5.54 Å². The van der Waals surface area contributed by atoms with Gasteiger partial charge in [-0.15, -0.1) is 0 Å². The van der Waals surface area contributed by atoms with Gasteiger partial charge < -0.3 is 0 Å². The van der Waals surface area contributed by atoms with E-state index in [1.807, 2.05) is 0 Å². The van der Waals surface area contributed by atoms with E-state index >= 15 is 0 Å². The van der Waals surface area contributed by atoms with Crippen molar-refractivity contribution < 1.29 is 0 Å². The van der Waals surface area contributed by atoms with E-state index in [4.69, 9.17) is 16.9 Å². The topological polar surface area (TPSA) is 23.8 Å². The van der Waals surface area contributed by atoms with Gasteiger partial charge in [0.1, 0.15) is 10.6 Å². The molecule has 0 bridgehead atoms. The van der Waals surface area contributed by atoms with Crippen molar-refractivity contribution in [1.29, 1.82) is 5.26 Å². The van der Waals surface area contributed by atoms with Crippen LogP contribution in [0.2, 0.25) is 0 Å². The minimum atomic E-state index is 0.351. The first-order valence-electron chi connectivity index (χ1n) is 1.17. The molecule has 6 heavy (non-hydrogen) atoms. The Labute approximate surface area is 49.3 Å². The minimum absolute atomic E-state index is 0.351. The number of hydrogen-bond donors (Lipinski definition) is 0. The normalized spacial score (nSPS) is 10.5. The standard InChI is InChI=1S/C3HBrClN/c4-3(1-5)2-6/h1H. The Balaban J connectivity index is 3.61. The van der Waals surface area contributed by atoms with E-state index in [1.54, 1.807) is 6.07 Å². The molecule has 0 aromatic rings. The molecule has 0 aromatic carbocycles. The van der Waals surface area contributed by atoms with Gasteiger partial charge in [-0.05, 0) is 15.9 Å². The van der Waals surface area contributed by atoms with Gasteiger partial charge in [-0.1, -0.05) is 11.6 Å². The van der Waals surface area contributed by atoms with E-state index in [-0.39, 0.29) is 0 Å². The maximum atomic E-state index is 7.89. The lowest BCUT2D eigenvalue weighted by molar-refractivity contribution is 1.53. The first kappa shape index (κ1) is 6.00. The molecule has 0 atom stereocenters. The molecule has 0 spiro atoms. The van der Waals surface area contributed by atoms with Gasteiger partial charge >= 0.3 is 0 Å². The van der Waals surface area contributed by atoms with Crippen molar-refractivity contribution >= 4 is 27.5 Å². The van der Waals surface area contributed by atoms with Gasteiger partial charge in [0.05, 0.1) is 0 Å². The summed E-state index contributed by atoms with van der Waals surface area (Å²) >= 11 is 7.86. The molecule has 0 aliphatic heterocycles. The molecule has 0 rings (SSSR count). The summed E-state index contributed by atoms with van der Waals surface area (Å²) in [5.74, 6) is 0. The van der Waals surface area contributed by atoms with E-state index in [9.17, 15) is 0 Å². The Morgan fingerprint density at radius 3 is 2.50 bits per heavy atom. The van der Waals surface area contributed by atoms with Crippen molar-refractivity contribution in [2.45, 2.75) is 0 Å². The highest BCUT2D eigenvalue weighted by atomic mass is 79.9. The molecule has 0 heterocycles. The monoisotopic (exact) mass is 165 g/mol. The highest BCUT2D eigenvalue weighted by Crippen LogP contribution is 2.01. The Morgan fingerprint density at radius 2 is 2.50 bits per heavy atom. The van der Waals surface area contributed by atoms with Gasteiger partial charge in [0.25, 0.3) is 0 Å². The highest BCUT2D eigenvalue weighted by Gasteiger charge is 1.76. The third-order valence-electron chi connectivity index (χ3n) is 0.203. The van der Waals surface area contributed by atoms with Crippen LogP contribution in [0.25, 0.3) is 0 Å². The second kappa shape index (κ2) is 3.20. The summed E-state index contributed by atoms with van der Waals surface area (Å²) in [7, 11) is 0. The van der Waals surface area contributed by atoms with E-state index in [0.29, 0.717) is 4.48 Å². The zero-order valence-electron chi connectivity index (χ0n) is 2.78. The van der Waals surface area contributed by atoms with Crippen molar-refractivity contribution in [1.82, 2.24) is 0 Å². The minimum Gasteiger partial charge on any atom is -0.192 e. The molecule has 32 valence electrons.